The van der Waals surface area contributed by atoms with E-state index in [0.29, 0.717) is 5.56 Å². The molecular formula is C24H19N3O5. The van der Waals surface area contributed by atoms with Crippen molar-refractivity contribution in [1.82, 2.24) is 4.57 Å². The lowest BCUT2D eigenvalue weighted by Gasteiger charge is -2.08. The van der Waals surface area contributed by atoms with Crippen LogP contribution in [0.1, 0.15) is 30.6 Å². The molecule has 0 aliphatic heterocycles. The lowest BCUT2D eigenvalue weighted by atomic mass is 10.0. The van der Waals surface area contributed by atoms with E-state index in [1.54, 1.807) is 31.2 Å². The van der Waals surface area contributed by atoms with E-state index in [4.69, 9.17) is 4.84 Å². The second-order valence-electron chi connectivity index (χ2n) is 7.18. The van der Waals surface area contributed by atoms with Crippen molar-refractivity contribution in [2.24, 2.45) is 5.16 Å². The molecule has 0 aliphatic carbocycles. The van der Waals surface area contributed by atoms with Crippen LogP contribution < -0.4 is 0 Å². The summed E-state index contributed by atoms with van der Waals surface area (Å²) in [5.41, 5.74) is 3.03. The number of benzene rings is 3. The molecule has 0 radical (unpaired) electrons. The van der Waals surface area contributed by atoms with Crippen molar-refractivity contribution in [3.63, 3.8) is 0 Å². The van der Waals surface area contributed by atoms with Crippen molar-refractivity contribution < 1.29 is 19.3 Å². The molecule has 3 aromatic carbocycles. The number of hydrogen-bond donors (Lipinski definition) is 0. The van der Waals surface area contributed by atoms with Crippen LogP contribution in [0.25, 0.3) is 27.5 Å². The van der Waals surface area contributed by atoms with E-state index >= 15 is 0 Å². The fourth-order valence-electron chi connectivity index (χ4n) is 3.55. The molecule has 1 heterocycles. The first-order chi connectivity index (χ1) is 15.4. The van der Waals surface area contributed by atoms with Crippen molar-refractivity contribution in [1.29, 1.82) is 0 Å². The standard InChI is InChI=1S/C24H19N3O5/c1-3-23(28)32-25-15(2)24(29)16-8-13-22-20(14-16)19-6-4-5-7-21(19)26(22)17-9-11-18(12-10-17)27(30)31/h4-14H,3H2,1-2H3. The SMILES string of the molecule is CCC(=O)ON=C(C)C(=O)c1ccc2c(c1)c1ccccc1n2-c1ccc([N+](=O)[O-])cc1. The Bertz CT molecular complexity index is 1400. The minimum atomic E-state index is -0.515. The summed E-state index contributed by atoms with van der Waals surface area (Å²) in [7, 11) is 0. The van der Waals surface area contributed by atoms with Crippen LogP contribution in [0.3, 0.4) is 0 Å². The molecule has 0 N–H and O–H groups in total. The quantitative estimate of drug-likeness (QED) is 0.138. The van der Waals surface area contributed by atoms with E-state index in [2.05, 4.69) is 5.16 Å². The van der Waals surface area contributed by atoms with Crippen LogP contribution in [0.2, 0.25) is 0 Å². The van der Waals surface area contributed by atoms with E-state index in [1.807, 2.05) is 34.9 Å². The van der Waals surface area contributed by atoms with Crippen molar-refractivity contribution in [3.8, 4) is 5.69 Å². The number of Topliss-reactive ketones (excluding diaryl/α,β-unsaturated/α-hetero) is 1. The number of rotatable bonds is 6. The molecule has 8 heteroatoms. The molecule has 0 saturated carbocycles. The Labute approximate surface area is 182 Å². The van der Waals surface area contributed by atoms with E-state index in [1.165, 1.54) is 19.1 Å². The molecule has 0 amide bonds. The highest BCUT2D eigenvalue weighted by Gasteiger charge is 2.17. The molecule has 0 spiro atoms. The van der Waals surface area contributed by atoms with Crippen LogP contribution in [0.15, 0.2) is 71.9 Å². The molecule has 0 bridgehead atoms. The number of para-hydroxylation sites is 1. The number of ketones is 1. The lowest BCUT2D eigenvalue weighted by Crippen LogP contribution is -2.12. The second-order valence-corrected chi connectivity index (χ2v) is 7.18. The molecule has 4 rings (SSSR count). The third-order valence-corrected chi connectivity index (χ3v) is 5.16. The van der Waals surface area contributed by atoms with Crippen molar-refractivity contribution in [3.05, 3.63) is 82.4 Å². The number of nitro benzene ring substituents is 1. The summed E-state index contributed by atoms with van der Waals surface area (Å²) in [5.74, 6) is -0.859. The van der Waals surface area contributed by atoms with E-state index in [9.17, 15) is 19.7 Å². The molecule has 0 saturated heterocycles. The highest BCUT2D eigenvalue weighted by Crippen LogP contribution is 2.33. The summed E-state index contributed by atoms with van der Waals surface area (Å²) < 4.78 is 1.99. The van der Waals surface area contributed by atoms with E-state index < -0.39 is 10.9 Å². The predicted octanol–water partition coefficient (Wildman–Crippen LogP) is 5.20. The molecule has 0 fully saturated rings. The number of carbonyl (C=O) groups is 2. The van der Waals surface area contributed by atoms with Gasteiger partial charge in [-0.1, -0.05) is 30.3 Å². The number of aromatic nitrogens is 1. The monoisotopic (exact) mass is 429 g/mol. The van der Waals surface area contributed by atoms with Gasteiger partial charge in [-0.3, -0.25) is 14.9 Å². The number of nitro groups is 1. The Kier molecular flexibility index (Phi) is 5.51. The van der Waals surface area contributed by atoms with Crippen LogP contribution in [0.5, 0.6) is 0 Å². The minimum absolute atomic E-state index is 0.0148. The van der Waals surface area contributed by atoms with Gasteiger partial charge in [0.15, 0.2) is 0 Å². The average Bonchev–Trinajstić information content (AvgIpc) is 3.15. The van der Waals surface area contributed by atoms with Gasteiger partial charge in [0.05, 0.1) is 16.0 Å². The fourth-order valence-corrected chi connectivity index (χ4v) is 3.55. The van der Waals surface area contributed by atoms with Gasteiger partial charge in [-0.25, -0.2) is 4.79 Å². The maximum absolute atomic E-state index is 12.8. The zero-order valence-corrected chi connectivity index (χ0v) is 17.4. The Balaban J connectivity index is 1.83. The molecule has 0 aliphatic rings. The smallest absolute Gasteiger partial charge is 0.318 e. The Hall–Kier alpha value is -4.33. The number of hydrogen-bond acceptors (Lipinski definition) is 6. The Morgan fingerprint density at radius 2 is 1.69 bits per heavy atom. The topological polar surface area (TPSA) is 104 Å². The van der Waals surface area contributed by atoms with Crippen LogP contribution in [0.4, 0.5) is 5.69 Å². The molecule has 1 aromatic heterocycles. The highest BCUT2D eigenvalue weighted by atomic mass is 16.7. The summed E-state index contributed by atoms with van der Waals surface area (Å²) in [6.07, 6.45) is 0.166. The van der Waals surface area contributed by atoms with Gasteiger partial charge in [0.1, 0.15) is 5.71 Å². The van der Waals surface area contributed by atoms with E-state index in [-0.39, 0.29) is 23.6 Å². The summed E-state index contributed by atoms with van der Waals surface area (Å²) in [6, 6.07) is 19.3. The summed E-state index contributed by atoms with van der Waals surface area (Å²) in [4.78, 5) is 39.4. The Morgan fingerprint density at radius 1 is 1.00 bits per heavy atom. The van der Waals surface area contributed by atoms with Crippen molar-refractivity contribution in [2.75, 3.05) is 0 Å². The normalized spacial score (nSPS) is 11.6. The fraction of sp³-hybridized carbons (Fsp3) is 0.125. The number of nitrogens with zero attached hydrogens (tertiary/aromatic N) is 3. The summed E-state index contributed by atoms with van der Waals surface area (Å²) in [6.45, 7) is 3.14. The number of non-ortho nitro benzene ring substituents is 1. The number of carbonyl (C=O) groups excluding carboxylic acids is 2. The van der Waals surface area contributed by atoms with Crippen LogP contribution in [-0.4, -0.2) is 27.0 Å². The van der Waals surface area contributed by atoms with Crippen molar-refractivity contribution >= 4 is 45.0 Å². The van der Waals surface area contributed by atoms with E-state index in [0.717, 1.165) is 27.5 Å². The summed E-state index contributed by atoms with van der Waals surface area (Å²) >= 11 is 0. The van der Waals surface area contributed by atoms with Gasteiger partial charge < -0.3 is 9.40 Å². The van der Waals surface area contributed by atoms with Gasteiger partial charge in [0.2, 0.25) is 5.78 Å². The first-order valence-corrected chi connectivity index (χ1v) is 9.98. The highest BCUT2D eigenvalue weighted by molar-refractivity contribution is 6.45. The summed E-state index contributed by atoms with van der Waals surface area (Å²) in [5, 5.41) is 16.4. The van der Waals surface area contributed by atoms with Crippen LogP contribution >= 0.6 is 0 Å². The van der Waals surface area contributed by atoms with Gasteiger partial charge in [-0.15, -0.1) is 0 Å². The maximum Gasteiger partial charge on any atom is 0.334 e. The predicted molar refractivity (Wildman–Crippen MR) is 121 cm³/mol. The van der Waals surface area contributed by atoms with Crippen molar-refractivity contribution in [2.45, 2.75) is 20.3 Å². The van der Waals surface area contributed by atoms with Gasteiger partial charge >= 0.3 is 5.97 Å². The molecular weight excluding hydrogens is 410 g/mol. The third kappa shape index (κ3) is 3.74. The van der Waals surface area contributed by atoms with Crippen LogP contribution in [0, 0.1) is 10.1 Å². The Morgan fingerprint density at radius 3 is 2.38 bits per heavy atom. The zero-order valence-electron chi connectivity index (χ0n) is 17.4. The maximum atomic E-state index is 12.8. The minimum Gasteiger partial charge on any atom is -0.318 e. The first kappa shape index (κ1) is 20.9. The van der Waals surface area contributed by atoms with Gasteiger partial charge in [-0.2, -0.15) is 0 Å². The van der Waals surface area contributed by atoms with Gasteiger partial charge in [0.25, 0.3) is 5.69 Å². The molecule has 160 valence electrons. The first-order valence-electron chi connectivity index (χ1n) is 9.98. The largest absolute Gasteiger partial charge is 0.334 e. The van der Waals surface area contributed by atoms with Crippen LogP contribution in [-0.2, 0) is 9.63 Å². The van der Waals surface area contributed by atoms with Gasteiger partial charge in [-0.05, 0) is 43.3 Å². The zero-order chi connectivity index (χ0) is 22.8. The second kappa shape index (κ2) is 8.43. The molecule has 0 atom stereocenters. The third-order valence-electron chi connectivity index (χ3n) is 5.16. The number of fused-ring (bicyclic) bond motifs is 3. The average molecular weight is 429 g/mol. The lowest BCUT2D eigenvalue weighted by molar-refractivity contribution is -0.384. The molecule has 4 aromatic rings. The molecule has 0 unspecified atom stereocenters. The number of oxime groups is 1. The molecule has 32 heavy (non-hydrogen) atoms. The van der Waals surface area contributed by atoms with Gasteiger partial charge in [0, 0.05) is 40.6 Å². The molecule has 8 nitrogen and oxygen atoms in total.